The molecule has 4 rings (SSSR count). The molecule has 0 spiro atoms. The third-order valence-corrected chi connectivity index (χ3v) is 6.39. The van der Waals surface area contributed by atoms with Crippen LogP contribution in [0.3, 0.4) is 0 Å². The van der Waals surface area contributed by atoms with Crippen LogP contribution in [0, 0.1) is 0 Å². The zero-order chi connectivity index (χ0) is 22.7. The molecule has 2 saturated heterocycles. The minimum Gasteiger partial charge on any atom is -0.489 e. The molecule has 2 aliphatic heterocycles. The first kappa shape index (κ1) is 22.8. The minimum absolute atomic E-state index is 0.0623. The molecule has 0 amide bonds. The van der Waals surface area contributed by atoms with Gasteiger partial charge in [0.2, 0.25) is 5.95 Å². The summed E-state index contributed by atoms with van der Waals surface area (Å²) in [6.07, 6.45) is 3.21. The third-order valence-electron chi connectivity index (χ3n) is 6.13. The number of rotatable bonds is 7. The fraction of sp³-hybridized carbons (Fsp3) is 0.542. The van der Waals surface area contributed by atoms with Crippen molar-refractivity contribution in [3.05, 3.63) is 41.0 Å². The van der Waals surface area contributed by atoms with E-state index in [2.05, 4.69) is 28.6 Å². The Kier molecular flexibility index (Phi) is 7.16. The molecule has 0 N–H and O–H groups in total. The molecule has 0 aliphatic carbocycles. The predicted octanol–water partition coefficient (Wildman–Crippen LogP) is 4.10. The largest absolute Gasteiger partial charge is 0.489 e. The minimum atomic E-state index is 0.0623. The number of ketones is 1. The molecular formula is C24H31ClN4O3. The second kappa shape index (κ2) is 10.0. The van der Waals surface area contributed by atoms with Crippen LogP contribution in [0.4, 0.5) is 11.8 Å². The van der Waals surface area contributed by atoms with Crippen LogP contribution < -0.4 is 14.5 Å². The van der Waals surface area contributed by atoms with E-state index in [0.717, 1.165) is 43.2 Å². The van der Waals surface area contributed by atoms with Crippen molar-refractivity contribution >= 4 is 29.2 Å². The highest BCUT2D eigenvalue weighted by Crippen LogP contribution is 2.30. The molecule has 172 valence electrons. The van der Waals surface area contributed by atoms with Crippen molar-refractivity contribution in [2.75, 3.05) is 42.6 Å². The van der Waals surface area contributed by atoms with Crippen LogP contribution in [0.15, 0.2) is 30.5 Å². The van der Waals surface area contributed by atoms with Crippen LogP contribution in [0.5, 0.6) is 5.75 Å². The lowest BCUT2D eigenvalue weighted by molar-refractivity contribution is -0.117. The predicted molar refractivity (Wildman–Crippen MR) is 126 cm³/mol. The van der Waals surface area contributed by atoms with E-state index in [1.54, 1.807) is 13.1 Å². The van der Waals surface area contributed by atoms with Crippen molar-refractivity contribution < 1.29 is 14.3 Å². The van der Waals surface area contributed by atoms with Crippen LogP contribution >= 0.6 is 11.6 Å². The quantitative estimate of drug-likeness (QED) is 0.618. The summed E-state index contributed by atoms with van der Waals surface area (Å²) in [5.41, 5.74) is 1.15. The number of benzene rings is 1. The van der Waals surface area contributed by atoms with Crippen molar-refractivity contribution in [1.29, 1.82) is 0 Å². The Labute approximate surface area is 194 Å². The Morgan fingerprint density at radius 1 is 1.31 bits per heavy atom. The average Bonchev–Trinajstić information content (AvgIpc) is 3.23. The number of carbonyl (C=O) groups excluding carboxylic acids is 1. The number of carbonyl (C=O) groups is 1. The molecule has 2 aromatic rings. The van der Waals surface area contributed by atoms with Gasteiger partial charge in [-0.3, -0.25) is 0 Å². The average molecular weight is 459 g/mol. The van der Waals surface area contributed by atoms with E-state index in [9.17, 15) is 4.79 Å². The molecule has 1 unspecified atom stereocenters. The van der Waals surface area contributed by atoms with Crippen LogP contribution in [0.1, 0.15) is 45.1 Å². The molecule has 2 fully saturated rings. The highest BCUT2D eigenvalue weighted by atomic mass is 35.5. The van der Waals surface area contributed by atoms with Gasteiger partial charge in [-0.1, -0.05) is 30.7 Å². The Morgan fingerprint density at radius 3 is 2.81 bits per heavy atom. The van der Waals surface area contributed by atoms with Gasteiger partial charge < -0.3 is 24.1 Å². The number of morpholine rings is 1. The summed E-state index contributed by atoms with van der Waals surface area (Å²) in [5.74, 6) is 2.72. The Balaban J connectivity index is 1.39. The summed E-state index contributed by atoms with van der Waals surface area (Å²) >= 11 is 6.47. The Bertz CT molecular complexity index is 939. The number of anilines is 2. The monoisotopic (exact) mass is 458 g/mol. The lowest BCUT2D eigenvalue weighted by Gasteiger charge is -2.33. The van der Waals surface area contributed by atoms with E-state index in [1.165, 1.54) is 0 Å². The van der Waals surface area contributed by atoms with Gasteiger partial charge in [-0.25, -0.2) is 4.98 Å². The van der Waals surface area contributed by atoms with Crippen molar-refractivity contribution in [2.45, 2.75) is 51.7 Å². The van der Waals surface area contributed by atoms with E-state index in [4.69, 9.17) is 26.1 Å². The molecule has 7 nitrogen and oxygen atoms in total. The van der Waals surface area contributed by atoms with Crippen molar-refractivity contribution in [3.8, 4) is 5.75 Å². The van der Waals surface area contributed by atoms with Crippen molar-refractivity contribution in [2.24, 2.45) is 0 Å². The maximum atomic E-state index is 11.4. The van der Waals surface area contributed by atoms with Gasteiger partial charge in [-0.05, 0) is 37.5 Å². The molecule has 8 heteroatoms. The third kappa shape index (κ3) is 5.33. The molecule has 0 bridgehead atoms. The number of Topliss-reactive ketones (excluding diaryl/α,β-unsaturated/α-hetero) is 1. The van der Waals surface area contributed by atoms with Crippen molar-refractivity contribution in [1.82, 2.24) is 9.97 Å². The van der Waals surface area contributed by atoms with Gasteiger partial charge in [-0.15, -0.1) is 0 Å². The van der Waals surface area contributed by atoms with Gasteiger partial charge in [0.1, 0.15) is 22.7 Å². The normalized spacial score (nSPS) is 22.1. The zero-order valence-corrected chi connectivity index (χ0v) is 19.7. The number of halogens is 1. The second-order valence-corrected chi connectivity index (χ2v) is 9.22. The first-order valence-corrected chi connectivity index (χ1v) is 11.7. The summed E-state index contributed by atoms with van der Waals surface area (Å²) in [5, 5.41) is 0.555. The van der Waals surface area contributed by atoms with E-state index in [0.29, 0.717) is 30.6 Å². The number of nitrogens with zero attached hydrogens (tertiary/aromatic N) is 4. The Morgan fingerprint density at radius 2 is 2.09 bits per heavy atom. The standard InChI is InChI=1S/C24H31ClN4O3/c1-16(12-18(3)30)19-4-6-20(7-5-19)32-21-8-9-28(14-21)23-22(25)13-26-24(27-23)29-10-11-31-15-17(29)2/h4-7,13,16-17,21H,8-12,14-15H2,1-3H3/t16-,17?,21-/m1/s1. The number of ether oxygens (including phenoxy) is 2. The van der Waals surface area contributed by atoms with Gasteiger partial charge >= 0.3 is 0 Å². The van der Waals surface area contributed by atoms with Crippen LogP contribution in [-0.2, 0) is 9.53 Å². The molecule has 3 heterocycles. The van der Waals surface area contributed by atoms with Crippen molar-refractivity contribution in [3.63, 3.8) is 0 Å². The SMILES string of the molecule is CC(=O)C[C@@H](C)c1ccc(O[C@@H]2CCN(c3nc(N4CCOCC4C)ncc3Cl)C2)cc1. The highest BCUT2D eigenvalue weighted by Gasteiger charge is 2.29. The summed E-state index contributed by atoms with van der Waals surface area (Å²) < 4.78 is 11.8. The van der Waals surface area contributed by atoms with Gasteiger partial charge in [0.15, 0.2) is 5.82 Å². The zero-order valence-electron chi connectivity index (χ0n) is 19.0. The van der Waals surface area contributed by atoms with E-state index >= 15 is 0 Å². The number of hydrogen-bond donors (Lipinski definition) is 0. The molecule has 0 saturated carbocycles. The van der Waals surface area contributed by atoms with E-state index < -0.39 is 0 Å². The van der Waals surface area contributed by atoms with Gasteiger partial charge in [-0.2, -0.15) is 4.98 Å². The van der Waals surface area contributed by atoms with Crippen LogP contribution in [0.25, 0.3) is 0 Å². The summed E-state index contributed by atoms with van der Waals surface area (Å²) in [4.78, 5) is 25.0. The van der Waals surface area contributed by atoms with Gasteiger partial charge in [0.25, 0.3) is 0 Å². The number of aromatic nitrogens is 2. The number of hydrogen-bond acceptors (Lipinski definition) is 7. The molecule has 3 atom stereocenters. The van der Waals surface area contributed by atoms with Crippen LogP contribution in [0.2, 0.25) is 5.02 Å². The lowest BCUT2D eigenvalue weighted by Crippen LogP contribution is -2.44. The lowest BCUT2D eigenvalue weighted by atomic mass is 9.96. The van der Waals surface area contributed by atoms with Gasteiger partial charge in [0.05, 0.1) is 32.0 Å². The van der Waals surface area contributed by atoms with E-state index in [1.807, 2.05) is 24.3 Å². The molecule has 2 aliphatic rings. The summed E-state index contributed by atoms with van der Waals surface area (Å²) in [6, 6.07) is 8.31. The Hall–Kier alpha value is -2.38. The molecule has 1 aromatic heterocycles. The fourth-order valence-electron chi connectivity index (χ4n) is 4.37. The van der Waals surface area contributed by atoms with Gasteiger partial charge in [0, 0.05) is 25.9 Å². The first-order valence-electron chi connectivity index (χ1n) is 11.3. The highest BCUT2D eigenvalue weighted by molar-refractivity contribution is 6.32. The van der Waals surface area contributed by atoms with Crippen LogP contribution in [-0.4, -0.2) is 60.7 Å². The molecule has 1 aromatic carbocycles. The topological polar surface area (TPSA) is 67.8 Å². The molecular weight excluding hydrogens is 428 g/mol. The molecule has 0 radical (unpaired) electrons. The maximum absolute atomic E-state index is 11.4. The summed E-state index contributed by atoms with van der Waals surface area (Å²) in [7, 11) is 0. The summed E-state index contributed by atoms with van der Waals surface area (Å²) in [6.45, 7) is 9.49. The first-order chi connectivity index (χ1) is 15.4. The molecule has 32 heavy (non-hydrogen) atoms. The fourth-order valence-corrected chi connectivity index (χ4v) is 4.58. The van der Waals surface area contributed by atoms with E-state index in [-0.39, 0.29) is 23.8 Å². The smallest absolute Gasteiger partial charge is 0.227 e. The maximum Gasteiger partial charge on any atom is 0.227 e. The second-order valence-electron chi connectivity index (χ2n) is 8.81.